The maximum absolute atomic E-state index is 13.1. The van der Waals surface area contributed by atoms with E-state index in [1.54, 1.807) is 6.92 Å². The van der Waals surface area contributed by atoms with Gasteiger partial charge in [-0.25, -0.2) is 13.4 Å². The minimum Gasteiger partial charge on any atom is -0.290 e. The van der Waals surface area contributed by atoms with E-state index in [4.69, 9.17) is 23.2 Å². The number of nitrogens with zero attached hydrogens (tertiary/aromatic N) is 3. The molecule has 32 heavy (non-hydrogen) atoms. The summed E-state index contributed by atoms with van der Waals surface area (Å²) in [7, 11) is -4.57. The molecule has 3 aromatic rings. The lowest BCUT2D eigenvalue weighted by atomic mass is 10.2. The van der Waals surface area contributed by atoms with E-state index in [9.17, 15) is 26.4 Å². The summed E-state index contributed by atoms with van der Waals surface area (Å²) in [5, 5.41) is 5.81. The van der Waals surface area contributed by atoms with Crippen LogP contribution in [0.4, 0.5) is 24.7 Å². The molecule has 3 rings (SSSR count). The molecule has 2 heterocycles. The van der Waals surface area contributed by atoms with Crippen molar-refractivity contribution >= 4 is 50.6 Å². The van der Waals surface area contributed by atoms with Gasteiger partial charge in [-0.1, -0.05) is 23.2 Å². The summed E-state index contributed by atoms with van der Waals surface area (Å²) in [6.07, 6.45) is -2.25. The number of aromatic amines is 1. The van der Waals surface area contributed by atoms with E-state index < -0.39 is 37.6 Å². The van der Waals surface area contributed by atoms with Crippen LogP contribution in [0.3, 0.4) is 0 Å². The van der Waals surface area contributed by atoms with E-state index in [1.165, 1.54) is 17.2 Å². The van der Waals surface area contributed by atoms with Crippen LogP contribution in [0.5, 0.6) is 0 Å². The Kier molecular flexibility index (Phi) is 6.67. The summed E-state index contributed by atoms with van der Waals surface area (Å²) >= 11 is 11.5. The molecule has 0 fully saturated rings. The van der Waals surface area contributed by atoms with Crippen molar-refractivity contribution in [2.45, 2.75) is 18.0 Å². The Morgan fingerprint density at radius 3 is 2.53 bits per heavy atom. The van der Waals surface area contributed by atoms with Gasteiger partial charge in [0.05, 0.1) is 26.2 Å². The number of alkyl halides is 3. The van der Waals surface area contributed by atoms with Crippen LogP contribution in [0.1, 0.15) is 23.0 Å². The number of amides is 1. The molecule has 0 aliphatic carbocycles. The zero-order valence-corrected chi connectivity index (χ0v) is 18.4. The van der Waals surface area contributed by atoms with Gasteiger partial charge in [0.1, 0.15) is 0 Å². The van der Waals surface area contributed by atoms with E-state index in [2.05, 4.69) is 19.9 Å². The summed E-state index contributed by atoms with van der Waals surface area (Å²) in [6, 6.07) is 4.76. The zero-order chi connectivity index (χ0) is 23.7. The second kappa shape index (κ2) is 8.96. The molecule has 0 aliphatic heterocycles. The van der Waals surface area contributed by atoms with Crippen molar-refractivity contribution < 1.29 is 26.4 Å². The van der Waals surface area contributed by atoms with E-state index >= 15 is 0 Å². The Balaban J connectivity index is 2.03. The molecular weight excluding hydrogens is 494 g/mol. The van der Waals surface area contributed by atoms with Crippen molar-refractivity contribution in [2.24, 2.45) is 0 Å². The van der Waals surface area contributed by atoms with Crippen LogP contribution in [-0.4, -0.2) is 36.1 Å². The topological polar surface area (TPSA) is 108 Å². The Labute approximate surface area is 190 Å². The van der Waals surface area contributed by atoms with Crippen molar-refractivity contribution in [2.75, 3.05) is 16.2 Å². The van der Waals surface area contributed by atoms with Gasteiger partial charge in [-0.2, -0.15) is 18.3 Å². The number of pyridine rings is 1. The van der Waals surface area contributed by atoms with E-state index in [0.717, 1.165) is 24.4 Å². The quantitative estimate of drug-likeness (QED) is 0.506. The van der Waals surface area contributed by atoms with Gasteiger partial charge in [-0.05, 0) is 31.2 Å². The number of benzene rings is 1. The van der Waals surface area contributed by atoms with Crippen molar-refractivity contribution in [3.05, 3.63) is 64.0 Å². The van der Waals surface area contributed by atoms with Crippen LogP contribution >= 0.6 is 23.2 Å². The number of halogens is 5. The Morgan fingerprint density at radius 2 is 1.94 bits per heavy atom. The first-order valence-corrected chi connectivity index (χ1v) is 11.0. The largest absolute Gasteiger partial charge is 0.417 e. The molecule has 8 nitrogen and oxygen atoms in total. The van der Waals surface area contributed by atoms with Gasteiger partial charge in [0, 0.05) is 25.0 Å². The highest BCUT2D eigenvalue weighted by Crippen LogP contribution is 2.36. The molecule has 0 saturated heterocycles. The molecule has 0 radical (unpaired) electrons. The lowest BCUT2D eigenvalue weighted by Gasteiger charge is -2.20. The number of carbonyl (C=O) groups excluding carboxylic acids is 1. The van der Waals surface area contributed by atoms with Crippen LogP contribution in [0.25, 0.3) is 0 Å². The van der Waals surface area contributed by atoms with Crippen molar-refractivity contribution in [1.82, 2.24) is 15.2 Å². The monoisotopic (exact) mass is 507 g/mol. The van der Waals surface area contributed by atoms with Crippen LogP contribution in [-0.2, 0) is 16.2 Å². The Hall–Kier alpha value is -2.83. The van der Waals surface area contributed by atoms with Crippen molar-refractivity contribution in [3.8, 4) is 0 Å². The highest BCUT2D eigenvalue weighted by molar-refractivity contribution is 7.92. The first kappa shape index (κ1) is 23.8. The molecule has 2 aromatic heterocycles. The number of aromatic nitrogens is 3. The van der Waals surface area contributed by atoms with Crippen molar-refractivity contribution in [1.29, 1.82) is 0 Å². The fourth-order valence-corrected chi connectivity index (χ4v) is 4.19. The third-order valence-electron chi connectivity index (χ3n) is 4.18. The average Bonchev–Trinajstić information content (AvgIpc) is 3.22. The number of nitrogens with one attached hydrogen (secondary N) is 2. The fourth-order valence-electron chi connectivity index (χ4n) is 2.72. The van der Waals surface area contributed by atoms with Crippen molar-refractivity contribution in [3.63, 3.8) is 0 Å². The summed E-state index contributed by atoms with van der Waals surface area (Å²) in [5.74, 6) is -0.448. The first-order valence-electron chi connectivity index (χ1n) is 8.80. The third-order valence-corrected chi connectivity index (χ3v) is 6.08. The smallest absolute Gasteiger partial charge is 0.290 e. The van der Waals surface area contributed by atoms with Crippen LogP contribution in [0.2, 0.25) is 10.0 Å². The maximum atomic E-state index is 13.1. The van der Waals surface area contributed by atoms with Gasteiger partial charge in [0.2, 0.25) is 0 Å². The van der Waals surface area contributed by atoms with Gasteiger partial charge in [0.15, 0.2) is 11.5 Å². The van der Waals surface area contributed by atoms with Gasteiger partial charge in [-0.15, -0.1) is 0 Å². The predicted octanol–water partition coefficient (Wildman–Crippen LogP) is 4.60. The number of sulfonamides is 1. The number of carbonyl (C=O) groups is 1. The molecule has 14 heteroatoms. The molecule has 0 spiro atoms. The summed E-state index contributed by atoms with van der Waals surface area (Å²) in [6.45, 7) is 1.84. The van der Waals surface area contributed by atoms with Crippen LogP contribution in [0.15, 0.2) is 47.6 Å². The number of hydrogen-bond acceptors (Lipinski definition) is 5. The second-order valence-electron chi connectivity index (χ2n) is 6.28. The second-order valence-corrected chi connectivity index (χ2v) is 8.80. The Morgan fingerprint density at radius 1 is 1.22 bits per heavy atom. The molecule has 1 amide bonds. The van der Waals surface area contributed by atoms with E-state index in [0.29, 0.717) is 6.07 Å². The number of H-pyrrole nitrogens is 1. The number of hydrogen-bond donors (Lipinski definition) is 2. The molecule has 0 atom stereocenters. The molecule has 2 N–H and O–H groups in total. The lowest BCUT2D eigenvalue weighted by Crippen LogP contribution is -2.32. The normalized spacial score (nSPS) is 11.9. The van der Waals surface area contributed by atoms with Gasteiger partial charge in [0.25, 0.3) is 15.9 Å². The van der Waals surface area contributed by atoms with E-state index in [-0.39, 0.29) is 28.8 Å². The molecular formula is C18H14Cl2F3N5O3S. The molecule has 0 aliphatic rings. The summed E-state index contributed by atoms with van der Waals surface area (Å²) in [5.41, 5.74) is -1.97. The molecule has 0 unspecified atom stereocenters. The van der Waals surface area contributed by atoms with Gasteiger partial charge < -0.3 is 0 Å². The minimum atomic E-state index is -4.87. The average molecular weight is 508 g/mol. The van der Waals surface area contributed by atoms with Crippen LogP contribution < -0.4 is 9.62 Å². The molecule has 0 bridgehead atoms. The van der Waals surface area contributed by atoms with Gasteiger partial charge in [-0.3, -0.25) is 19.5 Å². The fraction of sp³-hybridized carbons (Fsp3) is 0.167. The van der Waals surface area contributed by atoms with E-state index in [1.807, 2.05) is 0 Å². The third kappa shape index (κ3) is 4.97. The highest BCUT2D eigenvalue weighted by atomic mass is 35.5. The van der Waals surface area contributed by atoms with Crippen LogP contribution in [0, 0.1) is 0 Å². The molecule has 1 aromatic carbocycles. The lowest BCUT2D eigenvalue weighted by molar-refractivity contribution is -0.137. The first-order chi connectivity index (χ1) is 14.9. The SMILES string of the molecule is CCN(C(=O)c1ncc(Cl)cc1NS(=O)(=O)c1ccc(Cl)c(C(F)(F)F)c1)c1cc[nH]n1. The standard InChI is InChI=1S/C18H14Cl2F3N5O3S/c1-2-28(15-5-6-25-26-15)17(29)16-14(7-10(19)9-24-16)27-32(30,31)11-3-4-13(20)12(8-11)18(21,22)23/h3-9,27H,2H2,1H3,(H,25,26). The minimum absolute atomic E-state index is 0.00541. The number of rotatable bonds is 6. The number of anilines is 2. The van der Waals surface area contributed by atoms with Gasteiger partial charge >= 0.3 is 6.18 Å². The zero-order valence-electron chi connectivity index (χ0n) is 16.1. The summed E-state index contributed by atoms with van der Waals surface area (Å²) in [4.78, 5) is 17.4. The maximum Gasteiger partial charge on any atom is 0.417 e. The summed E-state index contributed by atoms with van der Waals surface area (Å²) < 4.78 is 67.1. The molecule has 170 valence electrons. The predicted molar refractivity (Wildman–Crippen MR) is 112 cm³/mol. The Bertz CT molecular complexity index is 1250. The molecule has 0 saturated carbocycles. The highest BCUT2D eigenvalue weighted by Gasteiger charge is 2.35.